The van der Waals surface area contributed by atoms with Crippen LogP contribution in [0.4, 0.5) is 4.39 Å². The molecule has 0 spiro atoms. The van der Waals surface area contributed by atoms with Crippen molar-refractivity contribution in [1.29, 1.82) is 0 Å². The number of allylic oxidation sites excluding steroid dienone is 1. The largest absolute Gasteiger partial charge is 0.210 e. The van der Waals surface area contributed by atoms with Crippen LogP contribution in [-0.2, 0) is 0 Å². The minimum atomic E-state index is -0.536. The minimum Gasteiger partial charge on any atom is -0.210 e. The van der Waals surface area contributed by atoms with Crippen molar-refractivity contribution in [3.8, 4) is 0 Å². The first-order valence-corrected chi connectivity index (χ1v) is 5.21. The highest BCUT2D eigenvalue weighted by Crippen LogP contribution is 2.19. The Balaban J connectivity index is 2.81. The first kappa shape index (κ1) is 11.5. The second-order valence-corrected chi connectivity index (χ2v) is 3.92. The standard InChI is InChI=1S/C11H11Cl2F/c1-2-10(13)11(14)7-8-3-5-9(12)6-4-8/h3-7,10H,2H2,1H3. The Kier molecular flexibility index (Phi) is 4.43. The Labute approximate surface area is 93.3 Å². The van der Waals surface area contributed by atoms with E-state index in [-0.39, 0.29) is 5.83 Å². The van der Waals surface area contributed by atoms with E-state index in [0.29, 0.717) is 11.4 Å². The molecule has 0 saturated heterocycles. The van der Waals surface area contributed by atoms with Crippen molar-refractivity contribution in [2.45, 2.75) is 18.7 Å². The van der Waals surface area contributed by atoms with Gasteiger partial charge in [0.25, 0.3) is 0 Å². The van der Waals surface area contributed by atoms with Crippen LogP contribution in [0.25, 0.3) is 6.08 Å². The van der Waals surface area contributed by atoms with Gasteiger partial charge in [-0.3, -0.25) is 0 Å². The van der Waals surface area contributed by atoms with Crippen LogP contribution in [-0.4, -0.2) is 5.38 Å². The van der Waals surface area contributed by atoms with E-state index in [2.05, 4.69) is 0 Å². The Morgan fingerprint density at radius 2 is 2.00 bits per heavy atom. The lowest BCUT2D eigenvalue weighted by Gasteiger charge is -2.02. The topological polar surface area (TPSA) is 0 Å². The van der Waals surface area contributed by atoms with Gasteiger partial charge in [0.15, 0.2) is 0 Å². The summed E-state index contributed by atoms with van der Waals surface area (Å²) in [6.07, 6.45) is 2.01. The summed E-state index contributed by atoms with van der Waals surface area (Å²) < 4.78 is 13.3. The Bertz CT molecular complexity index is 317. The van der Waals surface area contributed by atoms with Gasteiger partial charge in [-0.05, 0) is 30.2 Å². The minimum absolute atomic E-state index is 0.309. The maximum Gasteiger partial charge on any atom is 0.118 e. The lowest BCUT2D eigenvalue weighted by Crippen LogP contribution is -1.95. The molecule has 3 heteroatoms. The number of hydrogen-bond acceptors (Lipinski definition) is 0. The summed E-state index contributed by atoms with van der Waals surface area (Å²) in [5.74, 6) is -0.309. The molecule has 14 heavy (non-hydrogen) atoms. The first-order chi connectivity index (χ1) is 6.63. The number of hydrogen-bond donors (Lipinski definition) is 0. The molecule has 0 aliphatic carbocycles. The Morgan fingerprint density at radius 3 is 2.50 bits per heavy atom. The van der Waals surface area contributed by atoms with E-state index < -0.39 is 5.38 Å². The number of halogens is 3. The van der Waals surface area contributed by atoms with Gasteiger partial charge < -0.3 is 0 Å². The lowest BCUT2D eigenvalue weighted by atomic mass is 10.2. The van der Waals surface area contributed by atoms with E-state index >= 15 is 0 Å². The van der Waals surface area contributed by atoms with Gasteiger partial charge in [0.05, 0.1) is 5.38 Å². The average Bonchev–Trinajstić information content (AvgIpc) is 2.20. The summed E-state index contributed by atoms with van der Waals surface area (Å²) in [4.78, 5) is 0. The second-order valence-electron chi connectivity index (χ2n) is 2.96. The fraction of sp³-hybridized carbons (Fsp3) is 0.273. The zero-order valence-electron chi connectivity index (χ0n) is 7.81. The van der Waals surface area contributed by atoms with E-state index in [9.17, 15) is 4.39 Å². The van der Waals surface area contributed by atoms with E-state index in [1.54, 1.807) is 24.3 Å². The molecule has 0 aromatic heterocycles. The van der Waals surface area contributed by atoms with Gasteiger partial charge in [-0.2, -0.15) is 0 Å². The van der Waals surface area contributed by atoms with Gasteiger partial charge in [0.1, 0.15) is 5.83 Å². The third-order valence-electron chi connectivity index (χ3n) is 1.83. The zero-order chi connectivity index (χ0) is 10.6. The monoisotopic (exact) mass is 232 g/mol. The molecular weight excluding hydrogens is 222 g/mol. The molecule has 1 aromatic rings. The number of alkyl halides is 1. The van der Waals surface area contributed by atoms with Crippen LogP contribution in [0.1, 0.15) is 18.9 Å². The Hall–Kier alpha value is -0.530. The molecule has 0 amide bonds. The van der Waals surface area contributed by atoms with Crippen LogP contribution >= 0.6 is 23.2 Å². The van der Waals surface area contributed by atoms with E-state index in [0.717, 1.165) is 5.56 Å². The quantitative estimate of drug-likeness (QED) is 0.665. The summed E-state index contributed by atoms with van der Waals surface area (Å²) in [6, 6.07) is 6.94. The molecule has 0 bridgehead atoms. The van der Waals surface area contributed by atoms with Crippen LogP contribution in [0.2, 0.25) is 5.02 Å². The maximum absolute atomic E-state index is 13.3. The molecular formula is C11H11Cl2F. The predicted octanol–water partition coefficient (Wildman–Crippen LogP) is 4.67. The normalized spacial score (nSPS) is 14.1. The highest BCUT2D eigenvalue weighted by molar-refractivity contribution is 6.30. The van der Waals surface area contributed by atoms with Crippen molar-refractivity contribution in [3.05, 3.63) is 40.7 Å². The molecule has 0 nitrogen and oxygen atoms in total. The Morgan fingerprint density at radius 1 is 1.43 bits per heavy atom. The first-order valence-electron chi connectivity index (χ1n) is 4.40. The molecule has 76 valence electrons. The average molecular weight is 233 g/mol. The molecule has 0 N–H and O–H groups in total. The number of benzene rings is 1. The van der Waals surface area contributed by atoms with Gasteiger partial charge in [0, 0.05) is 5.02 Å². The molecule has 0 heterocycles. The van der Waals surface area contributed by atoms with Crippen LogP contribution in [0, 0.1) is 0 Å². The molecule has 0 aliphatic heterocycles. The highest BCUT2D eigenvalue weighted by Gasteiger charge is 2.07. The molecule has 1 aromatic carbocycles. The smallest absolute Gasteiger partial charge is 0.118 e. The fourth-order valence-electron chi connectivity index (χ4n) is 1.00. The zero-order valence-corrected chi connectivity index (χ0v) is 9.32. The summed E-state index contributed by atoms with van der Waals surface area (Å²) in [7, 11) is 0. The van der Waals surface area contributed by atoms with Crippen LogP contribution in [0.5, 0.6) is 0 Å². The fourth-order valence-corrected chi connectivity index (χ4v) is 1.19. The van der Waals surface area contributed by atoms with Gasteiger partial charge in [0.2, 0.25) is 0 Å². The molecule has 1 atom stereocenters. The summed E-state index contributed by atoms with van der Waals surface area (Å²) in [5.41, 5.74) is 0.769. The van der Waals surface area contributed by atoms with Gasteiger partial charge in [-0.1, -0.05) is 30.7 Å². The van der Waals surface area contributed by atoms with Crippen molar-refractivity contribution in [2.75, 3.05) is 0 Å². The third kappa shape index (κ3) is 3.32. The summed E-state index contributed by atoms with van der Waals surface area (Å²) in [5, 5.41) is 0.103. The highest BCUT2D eigenvalue weighted by atomic mass is 35.5. The van der Waals surface area contributed by atoms with Crippen LogP contribution in [0.15, 0.2) is 30.1 Å². The van der Waals surface area contributed by atoms with Crippen LogP contribution in [0.3, 0.4) is 0 Å². The van der Waals surface area contributed by atoms with E-state index in [1.165, 1.54) is 6.08 Å². The van der Waals surface area contributed by atoms with Crippen molar-refractivity contribution in [3.63, 3.8) is 0 Å². The van der Waals surface area contributed by atoms with E-state index in [1.807, 2.05) is 6.92 Å². The van der Waals surface area contributed by atoms with Gasteiger partial charge in [-0.15, -0.1) is 11.6 Å². The van der Waals surface area contributed by atoms with E-state index in [4.69, 9.17) is 23.2 Å². The maximum atomic E-state index is 13.3. The lowest BCUT2D eigenvalue weighted by molar-refractivity contribution is 0.595. The van der Waals surface area contributed by atoms with Crippen molar-refractivity contribution in [2.24, 2.45) is 0 Å². The predicted molar refractivity (Wildman–Crippen MR) is 60.5 cm³/mol. The summed E-state index contributed by atoms with van der Waals surface area (Å²) in [6.45, 7) is 1.84. The molecule has 0 radical (unpaired) electrons. The molecule has 0 aliphatic rings. The SMILES string of the molecule is CCC(Cl)C(F)=Cc1ccc(Cl)cc1. The van der Waals surface area contributed by atoms with Gasteiger partial charge >= 0.3 is 0 Å². The number of rotatable bonds is 3. The second kappa shape index (κ2) is 5.38. The van der Waals surface area contributed by atoms with Crippen molar-refractivity contribution >= 4 is 29.3 Å². The molecule has 0 saturated carbocycles. The summed E-state index contributed by atoms with van der Waals surface area (Å²) >= 11 is 11.4. The van der Waals surface area contributed by atoms with Crippen molar-refractivity contribution in [1.82, 2.24) is 0 Å². The molecule has 1 unspecified atom stereocenters. The van der Waals surface area contributed by atoms with Gasteiger partial charge in [-0.25, -0.2) is 4.39 Å². The van der Waals surface area contributed by atoms with Crippen molar-refractivity contribution < 1.29 is 4.39 Å². The molecule has 1 rings (SSSR count). The third-order valence-corrected chi connectivity index (χ3v) is 2.60. The molecule has 0 fully saturated rings. The van der Waals surface area contributed by atoms with Crippen LogP contribution < -0.4 is 0 Å².